The molecule has 2 N–H and O–H groups in total. The molecule has 0 saturated heterocycles. The first-order chi connectivity index (χ1) is 13.6. The van der Waals surface area contributed by atoms with Crippen LogP contribution < -0.4 is 15.6 Å². The third kappa shape index (κ3) is 5.79. The van der Waals surface area contributed by atoms with Crippen molar-refractivity contribution in [1.29, 1.82) is 0 Å². The number of nitrogens with zero attached hydrogens (tertiary/aromatic N) is 1. The van der Waals surface area contributed by atoms with Crippen LogP contribution in [0.1, 0.15) is 29.8 Å². The van der Waals surface area contributed by atoms with Crippen LogP contribution in [0.5, 0.6) is 5.75 Å². The number of amides is 2. The molecular formula is C21H23N3O3S. The van der Waals surface area contributed by atoms with Gasteiger partial charge in [0, 0.05) is 6.42 Å². The monoisotopic (exact) mass is 397 g/mol. The van der Waals surface area contributed by atoms with Gasteiger partial charge in [-0.3, -0.25) is 20.4 Å². The number of rotatable bonds is 8. The van der Waals surface area contributed by atoms with E-state index in [-0.39, 0.29) is 12.5 Å². The quantitative estimate of drug-likeness (QED) is 0.450. The van der Waals surface area contributed by atoms with Crippen molar-refractivity contribution in [2.75, 3.05) is 6.61 Å². The van der Waals surface area contributed by atoms with Crippen LogP contribution in [-0.4, -0.2) is 23.4 Å². The van der Waals surface area contributed by atoms with Gasteiger partial charge in [0.2, 0.25) is 5.91 Å². The minimum absolute atomic E-state index is 0.150. The molecule has 3 rings (SSSR count). The van der Waals surface area contributed by atoms with E-state index in [9.17, 15) is 9.59 Å². The van der Waals surface area contributed by atoms with Crippen molar-refractivity contribution < 1.29 is 14.3 Å². The third-order valence-electron chi connectivity index (χ3n) is 4.18. The molecule has 1 aromatic heterocycles. The fourth-order valence-electron chi connectivity index (χ4n) is 2.69. The van der Waals surface area contributed by atoms with Crippen LogP contribution in [0.2, 0.25) is 0 Å². The molecule has 0 unspecified atom stereocenters. The Bertz CT molecular complexity index is 922. The fourth-order valence-corrected chi connectivity index (χ4v) is 3.70. The van der Waals surface area contributed by atoms with Gasteiger partial charge in [0.25, 0.3) is 5.91 Å². The van der Waals surface area contributed by atoms with Gasteiger partial charge in [0.1, 0.15) is 5.75 Å². The maximum absolute atomic E-state index is 11.8. The number of hydrogen-bond acceptors (Lipinski definition) is 5. The summed E-state index contributed by atoms with van der Waals surface area (Å²) in [5, 5.41) is 1.09. The molecule has 1 heterocycles. The molecule has 2 aromatic carbocycles. The number of unbranched alkanes of at least 4 members (excludes halogenated alkanes) is 1. The molecule has 0 fully saturated rings. The number of hydrazine groups is 1. The first kappa shape index (κ1) is 19.8. The van der Waals surface area contributed by atoms with Gasteiger partial charge in [-0.05, 0) is 49.9 Å². The molecule has 0 atom stereocenters. The van der Waals surface area contributed by atoms with Crippen molar-refractivity contribution in [3.8, 4) is 5.75 Å². The van der Waals surface area contributed by atoms with Crippen molar-refractivity contribution in [2.24, 2.45) is 0 Å². The predicted octanol–water partition coefficient (Wildman–Crippen LogP) is 3.54. The number of thiazole rings is 1. The summed E-state index contributed by atoms with van der Waals surface area (Å²) in [4.78, 5) is 28.2. The Morgan fingerprint density at radius 1 is 1.00 bits per heavy atom. The molecule has 0 saturated carbocycles. The van der Waals surface area contributed by atoms with Crippen LogP contribution in [0.4, 0.5) is 0 Å². The van der Waals surface area contributed by atoms with E-state index in [1.54, 1.807) is 17.4 Å². The van der Waals surface area contributed by atoms with Crippen molar-refractivity contribution in [3.63, 3.8) is 0 Å². The largest absolute Gasteiger partial charge is 0.483 e. The molecule has 0 aliphatic heterocycles. The van der Waals surface area contributed by atoms with E-state index in [1.807, 2.05) is 43.3 Å². The zero-order chi connectivity index (χ0) is 19.8. The molecule has 0 aliphatic rings. The van der Waals surface area contributed by atoms with E-state index in [2.05, 4.69) is 21.9 Å². The van der Waals surface area contributed by atoms with Gasteiger partial charge < -0.3 is 4.74 Å². The number of fused-ring (bicyclic) bond motifs is 1. The van der Waals surface area contributed by atoms with E-state index in [0.717, 1.165) is 35.4 Å². The Labute approximate surface area is 167 Å². The minimum Gasteiger partial charge on any atom is -0.483 e. The lowest BCUT2D eigenvalue weighted by atomic mass is 10.2. The van der Waals surface area contributed by atoms with E-state index in [4.69, 9.17) is 4.74 Å². The van der Waals surface area contributed by atoms with Gasteiger partial charge in [-0.2, -0.15) is 0 Å². The second-order valence-electron chi connectivity index (χ2n) is 6.43. The van der Waals surface area contributed by atoms with Crippen LogP contribution in [0.25, 0.3) is 10.2 Å². The zero-order valence-electron chi connectivity index (χ0n) is 15.7. The minimum atomic E-state index is -0.397. The molecular weight excluding hydrogens is 374 g/mol. The number of aryl methyl sites for hydroxylation is 2. The van der Waals surface area contributed by atoms with Gasteiger partial charge in [0.05, 0.1) is 15.2 Å². The summed E-state index contributed by atoms with van der Waals surface area (Å²) in [7, 11) is 0. The maximum atomic E-state index is 11.8. The topological polar surface area (TPSA) is 80.3 Å². The molecule has 0 spiro atoms. The Hall–Kier alpha value is -2.93. The molecule has 0 aliphatic carbocycles. The number of nitrogens with one attached hydrogen (secondary N) is 2. The summed E-state index contributed by atoms with van der Waals surface area (Å²) in [6.07, 6.45) is 2.81. The van der Waals surface area contributed by atoms with E-state index >= 15 is 0 Å². The lowest BCUT2D eigenvalue weighted by Crippen LogP contribution is -2.43. The number of ether oxygens (including phenoxy) is 1. The highest BCUT2D eigenvalue weighted by molar-refractivity contribution is 7.18. The van der Waals surface area contributed by atoms with Crippen molar-refractivity contribution in [1.82, 2.24) is 15.8 Å². The lowest BCUT2D eigenvalue weighted by Gasteiger charge is -2.10. The summed E-state index contributed by atoms with van der Waals surface area (Å²) >= 11 is 1.69. The SMILES string of the molecule is Cc1ccccc1OCC(=O)NNC(=O)CCCCc1nc2ccccc2s1. The molecule has 3 aromatic rings. The van der Waals surface area contributed by atoms with Crippen LogP contribution in [0.15, 0.2) is 48.5 Å². The number of carbonyl (C=O) groups excluding carboxylic acids is 2. The summed E-state index contributed by atoms with van der Waals surface area (Å²) in [6.45, 7) is 1.76. The van der Waals surface area contributed by atoms with Crippen LogP contribution in [0.3, 0.4) is 0 Å². The van der Waals surface area contributed by atoms with E-state index < -0.39 is 5.91 Å². The average Bonchev–Trinajstić information content (AvgIpc) is 3.12. The average molecular weight is 398 g/mol. The highest BCUT2D eigenvalue weighted by Crippen LogP contribution is 2.22. The number of hydrogen-bond donors (Lipinski definition) is 2. The zero-order valence-corrected chi connectivity index (χ0v) is 16.6. The van der Waals surface area contributed by atoms with Crippen molar-refractivity contribution in [2.45, 2.75) is 32.6 Å². The van der Waals surface area contributed by atoms with Crippen molar-refractivity contribution in [3.05, 3.63) is 59.1 Å². The third-order valence-corrected chi connectivity index (χ3v) is 5.27. The van der Waals surface area contributed by atoms with Crippen LogP contribution in [0, 0.1) is 6.92 Å². The van der Waals surface area contributed by atoms with Gasteiger partial charge in [-0.1, -0.05) is 30.3 Å². The second-order valence-corrected chi connectivity index (χ2v) is 7.55. The first-order valence-corrected chi connectivity index (χ1v) is 10.0. The molecule has 6 nitrogen and oxygen atoms in total. The number of para-hydroxylation sites is 2. The molecule has 7 heteroatoms. The lowest BCUT2D eigenvalue weighted by molar-refractivity contribution is -0.130. The summed E-state index contributed by atoms with van der Waals surface area (Å²) in [6, 6.07) is 15.5. The summed E-state index contributed by atoms with van der Waals surface area (Å²) in [5.41, 5.74) is 6.77. The van der Waals surface area contributed by atoms with Crippen molar-refractivity contribution >= 4 is 33.4 Å². The fraction of sp³-hybridized carbons (Fsp3) is 0.286. The van der Waals surface area contributed by atoms with Gasteiger partial charge in [-0.15, -0.1) is 11.3 Å². The smallest absolute Gasteiger partial charge is 0.276 e. The second kappa shape index (κ2) is 9.85. The first-order valence-electron chi connectivity index (χ1n) is 9.22. The highest BCUT2D eigenvalue weighted by Gasteiger charge is 2.07. The molecule has 0 radical (unpaired) electrons. The Balaban J connectivity index is 1.30. The van der Waals surface area contributed by atoms with Crippen LogP contribution in [-0.2, 0) is 16.0 Å². The predicted molar refractivity (Wildman–Crippen MR) is 110 cm³/mol. The van der Waals surface area contributed by atoms with Gasteiger partial charge in [0.15, 0.2) is 6.61 Å². The maximum Gasteiger partial charge on any atom is 0.276 e. The van der Waals surface area contributed by atoms with Gasteiger partial charge >= 0.3 is 0 Å². The standard InChI is InChI=1S/C21H23N3O3S/c1-15-8-2-4-10-17(15)27-14-20(26)24-23-19(25)12-6-7-13-21-22-16-9-3-5-11-18(16)28-21/h2-5,8-11H,6-7,12-14H2,1H3,(H,23,25)(H,24,26). The van der Waals surface area contributed by atoms with E-state index in [1.165, 1.54) is 4.70 Å². The molecule has 0 bridgehead atoms. The Kier molecular flexibility index (Phi) is 6.97. The van der Waals surface area contributed by atoms with Crippen LogP contribution >= 0.6 is 11.3 Å². The summed E-state index contributed by atoms with van der Waals surface area (Å²) in [5.74, 6) is 0.0402. The molecule has 28 heavy (non-hydrogen) atoms. The highest BCUT2D eigenvalue weighted by atomic mass is 32.1. The number of carbonyl (C=O) groups is 2. The molecule has 2 amide bonds. The van der Waals surface area contributed by atoms with Gasteiger partial charge in [-0.25, -0.2) is 4.98 Å². The number of aromatic nitrogens is 1. The number of benzene rings is 2. The Morgan fingerprint density at radius 2 is 1.75 bits per heavy atom. The van der Waals surface area contributed by atoms with E-state index in [0.29, 0.717) is 12.2 Å². The molecule has 146 valence electrons. The summed E-state index contributed by atoms with van der Waals surface area (Å²) < 4.78 is 6.62. The Morgan fingerprint density at radius 3 is 2.57 bits per heavy atom. The normalized spacial score (nSPS) is 10.6.